The first kappa shape index (κ1) is 26.5. The van der Waals surface area contributed by atoms with Gasteiger partial charge in [-0.25, -0.2) is 4.98 Å². The molecule has 1 N–H and O–H groups in total. The van der Waals surface area contributed by atoms with Crippen LogP contribution in [0.3, 0.4) is 0 Å². The summed E-state index contributed by atoms with van der Waals surface area (Å²) in [6.07, 6.45) is 11.2. The monoisotopic (exact) mass is 552 g/mol. The molecule has 2 saturated heterocycles. The van der Waals surface area contributed by atoms with E-state index in [0.29, 0.717) is 23.9 Å². The predicted molar refractivity (Wildman–Crippen MR) is 158 cm³/mol. The Bertz CT molecular complexity index is 1430. The molecule has 3 fully saturated rings. The summed E-state index contributed by atoms with van der Waals surface area (Å²) in [6, 6.07) is 18.8. The minimum Gasteiger partial charge on any atom is -0.485 e. The molecule has 2 aromatic carbocycles. The number of aromatic nitrogens is 1. The Morgan fingerprint density at radius 1 is 1.02 bits per heavy atom. The maximum atomic E-state index is 11.9. The van der Waals surface area contributed by atoms with Gasteiger partial charge in [-0.05, 0) is 109 Å². The van der Waals surface area contributed by atoms with Crippen LogP contribution in [-0.2, 0) is 17.8 Å². The number of ether oxygens (including phenoxy) is 2. The summed E-state index contributed by atoms with van der Waals surface area (Å²) < 4.78 is 12.2. The molecule has 4 aliphatic rings. The number of aliphatic carboxylic acids is 1. The van der Waals surface area contributed by atoms with E-state index in [9.17, 15) is 9.90 Å². The fraction of sp³-hybridized carbons (Fsp3) is 0.486. The van der Waals surface area contributed by atoms with Gasteiger partial charge in [0.05, 0.1) is 13.0 Å². The lowest BCUT2D eigenvalue weighted by Gasteiger charge is -2.30. The number of carboxylic acids is 1. The number of methoxy groups -OCH3 is 1. The van der Waals surface area contributed by atoms with Crippen molar-refractivity contribution in [2.75, 3.05) is 7.11 Å². The van der Waals surface area contributed by atoms with Gasteiger partial charge in [-0.3, -0.25) is 9.69 Å². The van der Waals surface area contributed by atoms with Crippen LogP contribution in [0.2, 0.25) is 0 Å². The molecule has 4 heterocycles. The average molecular weight is 553 g/mol. The number of hydrogen-bond donors (Lipinski definition) is 1. The van der Waals surface area contributed by atoms with Crippen LogP contribution in [0.15, 0.2) is 54.7 Å². The summed E-state index contributed by atoms with van der Waals surface area (Å²) in [5.74, 6) is 0.932. The molecule has 1 unspecified atom stereocenters. The highest BCUT2D eigenvalue weighted by atomic mass is 16.5. The zero-order valence-electron chi connectivity index (χ0n) is 24.1. The molecular formula is C35H40N2O4. The standard InChI is InChI=1S/C35H40N2O4/c1-21(35(38)39)34(23-4-5-23)26-6-3-22-8-14-31(41-32(22)18-26)25-7-13-30(24-15-16-36-33(19-24)40-2)27(17-25)20-37-28-9-10-29(37)12-11-28/h3,6-7,13,15-19,21,23,28-29,31,34H,4-5,8-12,14,20H2,1-2H3,(H,38,39)/t21-,28-,29+,31?,34-/m0/s1. The summed E-state index contributed by atoms with van der Waals surface area (Å²) in [7, 11) is 1.66. The van der Waals surface area contributed by atoms with Gasteiger partial charge in [0.2, 0.25) is 5.88 Å². The van der Waals surface area contributed by atoms with Crippen molar-refractivity contribution < 1.29 is 19.4 Å². The van der Waals surface area contributed by atoms with Gasteiger partial charge in [0.25, 0.3) is 0 Å². The largest absolute Gasteiger partial charge is 0.485 e. The zero-order chi connectivity index (χ0) is 28.1. The Hall–Kier alpha value is -3.38. The van der Waals surface area contributed by atoms with Gasteiger partial charge in [-0.1, -0.05) is 37.3 Å². The number of rotatable bonds is 9. The number of hydrogen-bond acceptors (Lipinski definition) is 5. The van der Waals surface area contributed by atoms with Crippen LogP contribution >= 0.6 is 0 Å². The molecule has 1 aromatic heterocycles. The van der Waals surface area contributed by atoms with Crippen molar-refractivity contribution in [3.8, 4) is 22.8 Å². The van der Waals surface area contributed by atoms with Gasteiger partial charge in [0.15, 0.2) is 0 Å². The third kappa shape index (κ3) is 5.12. The van der Waals surface area contributed by atoms with Crippen molar-refractivity contribution in [2.24, 2.45) is 11.8 Å². The molecule has 1 aliphatic carbocycles. The van der Waals surface area contributed by atoms with Gasteiger partial charge >= 0.3 is 5.97 Å². The lowest BCUT2D eigenvalue weighted by atomic mass is 9.82. The van der Waals surface area contributed by atoms with Crippen LogP contribution in [0.4, 0.5) is 0 Å². The fourth-order valence-corrected chi connectivity index (χ4v) is 7.80. The Morgan fingerprint density at radius 2 is 1.80 bits per heavy atom. The zero-order valence-corrected chi connectivity index (χ0v) is 24.1. The molecule has 1 saturated carbocycles. The number of fused-ring (bicyclic) bond motifs is 3. The van der Waals surface area contributed by atoms with E-state index < -0.39 is 11.9 Å². The molecule has 0 radical (unpaired) electrons. The van der Waals surface area contributed by atoms with Crippen LogP contribution in [-0.4, -0.2) is 40.2 Å². The summed E-state index contributed by atoms with van der Waals surface area (Å²) in [6.45, 7) is 2.80. The first-order valence-corrected chi connectivity index (χ1v) is 15.4. The third-order valence-electron chi connectivity index (χ3n) is 10.2. The van der Waals surface area contributed by atoms with Crippen LogP contribution in [0, 0.1) is 11.8 Å². The van der Waals surface area contributed by atoms with E-state index >= 15 is 0 Å². The smallest absolute Gasteiger partial charge is 0.306 e. The molecule has 3 aromatic rings. The molecule has 214 valence electrons. The summed E-state index contributed by atoms with van der Waals surface area (Å²) in [5.41, 5.74) is 7.23. The molecule has 2 bridgehead atoms. The van der Waals surface area contributed by atoms with Gasteiger partial charge in [0, 0.05) is 30.9 Å². The van der Waals surface area contributed by atoms with Gasteiger partial charge in [-0.15, -0.1) is 0 Å². The highest BCUT2D eigenvalue weighted by molar-refractivity contribution is 5.71. The molecule has 41 heavy (non-hydrogen) atoms. The van der Waals surface area contributed by atoms with E-state index in [1.807, 2.05) is 19.2 Å². The summed E-state index contributed by atoms with van der Waals surface area (Å²) in [5, 5.41) is 9.77. The third-order valence-corrected chi connectivity index (χ3v) is 10.2. The second-order valence-corrected chi connectivity index (χ2v) is 12.6. The number of pyridine rings is 1. The Morgan fingerprint density at radius 3 is 2.51 bits per heavy atom. The molecule has 6 nitrogen and oxygen atoms in total. The quantitative estimate of drug-likeness (QED) is 0.304. The van der Waals surface area contributed by atoms with Crippen LogP contribution in [0.25, 0.3) is 11.1 Å². The molecule has 3 aliphatic heterocycles. The van der Waals surface area contributed by atoms with E-state index in [-0.39, 0.29) is 12.0 Å². The van der Waals surface area contributed by atoms with Gasteiger partial charge in [0.1, 0.15) is 11.9 Å². The lowest BCUT2D eigenvalue weighted by Crippen LogP contribution is -2.28. The maximum Gasteiger partial charge on any atom is 0.306 e. The second-order valence-electron chi connectivity index (χ2n) is 12.6. The first-order valence-electron chi connectivity index (χ1n) is 15.4. The molecule has 0 amide bonds. The highest BCUT2D eigenvalue weighted by Crippen LogP contribution is 2.48. The van der Waals surface area contributed by atoms with E-state index in [4.69, 9.17) is 9.47 Å². The number of benzene rings is 2. The average Bonchev–Trinajstić information content (AvgIpc) is 3.68. The van der Waals surface area contributed by atoms with Crippen molar-refractivity contribution in [1.29, 1.82) is 0 Å². The van der Waals surface area contributed by atoms with Crippen LogP contribution < -0.4 is 9.47 Å². The summed E-state index contributed by atoms with van der Waals surface area (Å²) in [4.78, 5) is 19.0. The molecular weight excluding hydrogens is 512 g/mol. The van der Waals surface area contributed by atoms with E-state index in [1.165, 1.54) is 47.9 Å². The highest BCUT2D eigenvalue weighted by Gasteiger charge is 2.40. The lowest BCUT2D eigenvalue weighted by molar-refractivity contribution is -0.142. The topological polar surface area (TPSA) is 71.9 Å². The normalized spacial score (nSPS) is 24.9. The molecule has 7 rings (SSSR count). The number of aryl methyl sites for hydroxylation is 1. The molecule has 3 atom stereocenters. The van der Waals surface area contributed by atoms with E-state index in [2.05, 4.69) is 52.3 Å². The van der Waals surface area contributed by atoms with E-state index in [1.54, 1.807) is 7.11 Å². The SMILES string of the molecule is COc1cc(-c2ccc(C3CCc4ccc([C@H](C5CC5)[C@H](C)C(=O)O)cc4O3)cc2CN2[C@H]3CC[C@@H]2CC3)ccn1. The van der Waals surface area contributed by atoms with Gasteiger partial charge in [-0.2, -0.15) is 0 Å². The van der Waals surface area contributed by atoms with Crippen LogP contribution in [0.5, 0.6) is 11.6 Å². The van der Waals surface area contributed by atoms with Crippen molar-refractivity contribution in [3.63, 3.8) is 0 Å². The maximum absolute atomic E-state index is 11.9. The number of carboxylic acid groups (broad SMARTS) is 1. The van der Waals surface area contributed by atoms with E-state index in [0.717, 1.165) is 49.1 Å². The predicted octanol–water partition coefficient (Wildman–Crippen LogP) is 7.16. The van der Waals surface area contributed by atoms with Crippen molar-refractivity contribution >= 4 is 5.97 Å². The Kier molecular flexibility index (Phi) is 6.98. The van der Waals surface area contributed by atoms with Crippen molar-refractivity contribution in [2.45, 2.75) is 88.9 Å². The fourth-order valence-electron chi connectivity index (χ4n) is 7.80. The Labute approximate surface area is 242 Å². The number of nitrogens with zero attached hydrogens (tertiary/aromatic N) is 2. The number of carbonyl (C=O) groups is 1. The molecule has 6 heteroatoms. The van der Waals surface area contributed by atoms with Crippen molar-refractivity contribution in [1.82, 2.24) is 9.88 Å². The Balaban J connectivity index is 1.20. The van der Waals surface area contributed by atoms with Crippen LogP contribution in [0.1, 0.15) is 86.1 Å². The second kappa shape index (κ2) is 10.8. The summed E-state index contributed by atoms with van der Waals surface area (Å²) >= 11 is 0. The minimum absolute atomic E-state index is 0.0240. The van der Waals surface area contributed by atoms with Gasteiger partial charge < -0.3 is 14.6 Å². The molecule has 0 spiro atoms. The van der Waals surface area contributed by atoms with Crippen molar-refractivity contribution in [3.05, 3.63) is 77.0 Å². The first-order chi connectivity index (χ1) is 20.0. The minimum atomic E-state index is -0.718.